The second-order valence-electron chi connectivity index (χ2n) is 6.76. The first-order valence-electron chi connectivity index (χ1n) is 10.7. The van der Waals surface area contributed by atoms with Crippen molar-refractivity contribution in [1.29, 1.82) is 0 Å². The minimum Gasteiger partial charge on any atom is -0.496 e. The van der Waals surface area contributed by atoms with E-state index in [0.29, 0.717) is 49.5 Å². The summed E-state index contributed by atoms with van der Waals surface area (Å²) < 4.78 is 27.7. The Kier molecular flexibility index (Phi) is 13.2. The van der Waals surface area contributed by atoms with Crippen LogP contribution in [0.4, 0.5) is 0 Å². The summed E-state index contributed by atoms with van der Waals surface area (Å²) in [6.07, 6.45) is 0.808. The zero-order chi connectivity index (χ0) is 23.3. The minimum atomic E-state index is 0. The molecule has 0 aliphatic rings. The normalized spacial score (nSPS) is 10.7. The van der Waals surface area contributed by atoms with Gasteiger partial charge in [0, 0.05) is 25.7 Å². The monoisotopic (exact) mass is 573 g/mol. The molecule has 0 bridgehead atoms. The average Bonchev–Trinajstić information content (AvgIpc) is 2.82. The number of hydrogen-bond acceptors (Lipinski definition) is 6. The van der Waals surface area contributed by atoms with Gasteiger partial charge in [-0.2, -0.15) is 0 Å². The van der Waals surface area contributed by atoms with Crippen molar-refractivity contribution in [3.63, 3.8) is 0 Å². The lowest BCUT2D eigenvalue weighted by Gasteiger charge is -2.17. The molecule has 0 spiro atoms. The molecule has 8 nitrogen and oxygen atoms in total. The van der Waals surface area contributed by atoms with E-state index < -0.39 is 0 Å². The molecule has 0 fully saturated rings. The number of rotatable bonds is 12. The molecular weight excluding hydrogens is 537 g/mol. The number of guanidine groups is 1. The summed E-state index contributed by atoms with van der Waals surface area (Å²) in [5.41, 5.74) is 2.03. The van der Waals surface area contributed by atoms with Crippen LogP contribution < -0.4 is 34.3 Å². The van der Waals surface area contributed by atoms with E-state index in [2.05, 4.69) is 21.7 Å². The number of nitrogens with zero attached hydrogens (tertiary/aromatic N) is 1. The van der Waals surface area contributed by atoms with Crippen molar-refractivity contribution < 1.29 is 23.7 Å². The summed E-state index contributed by atoms with van der Waals surface area (Å²) in [5, 5.41) is 6.65. The first kappa shape index (κ1) is 28.5. The van der Waals surface area contributed by atoms with Crippen LogP contribution in [0.25, 0.3) is 0 Å². The predicted molar refractivity (Wildman–Crippen MR) is 142 cm³/mol. The molecule has 0 unspecified atom stereocenters. The molecule has 0 amide bonds. The second kappa shape index (κ2) is 15.3. The van der Waals surface area contributed by atoms with Crippen LogP contribution in [0, 0.1) is 0 Å². The third-order valence-corrected chi connectivity index (χ3v) is 4.79. The zero-order valence-electron chi connectivity index (χ0n) is 20.3. The SMILES string of the molecule is CCOc1ccc(CCNC(=NC)NCc2c(OC)cc(OC)cc2OC)cc1OCC.I. The summed E-state index contributed by atoms with van der Waals surface area (Å²) in [4.78, 5) is 4.31. The number of benzene rings is 2. The van der Waals surface area contributed by atoms with Gasteiger partial charge in [-0.15, -0.1) is 24.0 Å². The smallest absolute Gasteiger partial charge is 0.191 e. The van der Waals surface area contributed by atoms with Crippen LogP contribution in [0.5, 0.6) is 28.7 Å². The van der Waals surface area contributed by atoms with Gasteiger partial charge >= 0.3 is 0 Å². The Morgan fingerprint density at radius 2 is 1.45 bits per heavy atom. The van der Waals surface area contributed by atoms with Gasteiger partial charge in [-0.1, -0.05) is 6.07 Å². The number of methoxy groups -OCH3 is 3. The van der Waals surface area contributed by atoms with Crippen LogP contribution in [0.3, 0.4) is 0 Å². The van der Waals surface area contributed by atoms with Gasteiger partial charge in [-0.3, -0.25) is 4.99 Å². The lowest BCUT2D eigenvalue weighted by atomic mass is 10.1. The summed E-state index contributed by atoms with van der Waals surface area (Å²) in [7, 11) is 6.59. The number of aliphatic imine (C=N–C) groups is 1. The van der Waals surface area contributed by atoms with Crippen LogP contribution in [-0.4, -0.2) is 54.1 Å². The quantitative estimate of drug-likeness (QED) is 0.226. The van der Waals surface area contributed by atoms with E-state index in [4.69, 9.17) is 23.7 Å². The van der Waals surface area contributed by atoms with Crippen molar-refractivity contribution in [3.8, 4) is 28.7 Å². The van der Waals surface area contributed by atoms with E-state index in [-0.39, 0.29) is 24.0 Å². The molecule has 0 aliphatic heterocycles. The highest BCUT2D eigenvalue weighted by Gasteiger charge is 2.14. The topological polar surface area (TPSA) is 82.6 Å². The third kappa shape index (κ3) is 8.38. The molecule has 2 N–H and O–H groups in total. The van der Waals surface area contributed by atoms with Gasteiger partial charge in [-0.25, -0.2) is 0 Å². The molecule has 33 heavy (non-hydrogen) atoms. The fraction of sp³-hybridized carbons (Fsp3) is 0.458. The van der Waals surface area contributed by atoms with E-state index in [1.54, 1.807) is 28.4 Å². The maximum atomic E-state index is 5.71. The molecule has 2 aromatic rings. The summed E-state index contributed by atoms with van der Waals surface area (Å²) >= 11 is 0. The number of ether oxygens (including phenoxy) is 5. The van der Waals surface area contributed by atoms with Crippen molar-refractivity contribution in [2.45, 2.75) is 26.8 Å². The van der Waals surface area contributed by atoms with Crippen LogP contribution in [-0.2, 0) is 13.0 Å². The Morgan fingerprint density at radius 1 is 0.818 bits per heavy atom. The van der Waals surface area contributed by atoms with Gasteiger partial charge in [0.1, 0.15) is 17.2 Å². The average molecular weight is 573 g/mol. The first-order chi connectivity index (χ1) is 15.6. The van der Waals surface area contributed by atoms with Crippen LogP contribution in [0.2, 0.25) is 0 Å². The summed E-state index contributed by atoms with van der Waals surface area (Å²) in [6.45, 7) is 6.31. The molecule has 184 valence electrons. The van der Waals surface area contributed by atoms with E-state index in [9.17, 15) is 0 Å². The summed E-state index contributed by atoms with van der Waals surface area (Å²) in [6, 6.07) is 9.70. The molecule has 2 aromatic carbocycles. The van der Waals surface area contributed by atoms with E-state index >= 15 is 0 Å². The van der Waals surface area contributed by atoms with Gasteiger partial charge in [-0.05, 0) is 38.0 Å². The maximum Gasteiger partial charge on any atom is 0.191 e. The molecule has 0 aliphatic carbocycles. The Labute approximate surface area is 214 Å². The van der Waals surface area contributed by atoms with Gasteiger partial charge in [0.05, 0.1) is 46.7 Å². The molecule has 0 aromatic heterocycles. The predicted octanol–water partition coefficient (Wildman–Crippen LogP) is 4.04. The summed E-state index contributed by atoms with van der Waals surface area (Å²) in [5.74, 6) is 4.26. The van der Waals surface area contributed by atoms with Gasteiger partial charge in [0.25, 0.3) is 0 Å². The van der Waals surface area contributed by atoms with Gasteiger partial charge in [0.2, 0.25) is 0 Å². The second-order valence-corrected chi connectivity index (χ2v) is 6.76. The van der Waals surface area contributed by atoms with Crippen molar-refractivity contribution in [3.05, 3.63) is 41.5 Å². The van der Waals surface area contributed by atoms with E-state index in [1.807, 2.05) is 38.1 Å². The standard InChI is InChI=1S/C24H35N3O5.HI/c1-7-31-20-10-9-17(13-23(20)32-8-2)11-12-26-24(25-3)27-16-19-21(29-5)14-18(28-4)15-22(19)30-6;/h9-10,13-15H,7-8,11-12,16H2,1-6H3,(H2,25,26,27);1H. The molecule has 0 saturated heterocycles. The number of hydrogen-bond donors (Lipinski definition) is 2. The Morgan fingerprint density at radius 3 is 2.00 bits per heavy atom. The van der Waals surface area contributed by atoms with E-state index in [1.165, 1.54) is 0 Å². The van der Waals surface area contributed by atoms with Gasteiger partial charge in [0.15, 0.2) is 17.5 Å². The molecule has 9 heteroatoms. The fourth-order valence-electron chi connectivity index (χ4n) is 3.22. The lowest BCUT2D eigenvalue weighted by molar-refractivity contribution is 0.287. The van der Waals surface area contributed by atoms with Crippen LogP contribution >= 0.6 is 24.0 Å². The Hall–Kier alpha value is -2.56. The van der Waals surface area contributed by atoms with Crippen molar-refractivity contribution in [2.75, 3.05) is 48.1 Å². The lowest BCUT2D eigenvalue weighted by Crippen LogP contribution is -2.38. The van der Waals surface area contributed by atoms with Crippen LogP contribution in [0.15, 0.2) is 35.3 Å². The van der Waals surface area contributed by atoms with Crippen molar-refractivity contribution in [1.82, 2.24) is 10.6 Å². The molecule has 0 atom stereocenters. The molecule has 2 rings (SSSR count). The highest BCUT2D eigenvalue weighted by Crippen LogP contribution is 2.34. The first-order valence-corrected chi connectivity index (χ1v) is 10.7. The molecular formula is C24H36IN3O5. The van der Waals surface area contributed by atoms with Crippen molar-refractivity contribution >= 4 is 29.9 Å². The van der Waals surface area contributed by atoms with Gasteiger partial charge < -0.3 is 34.3 Å². The fourth-order valence-corrected chi connectivity index (χ4v) is 3.22. The largest absolute Gasteiger partial charge is 0.496 e. The molecule has 0 saturated carbocycles. The van der Waals surface area contributed by atoms with Crippen molar-refractivity contribution in [2.24, 2.45) is 4.99 Å². The van der Waals surface area contributed by atoms with E-state index in [0.717, 1.165) is 29.0 Å². The molecule has 0 radical (unpaired) electrons. The Balaban J connectivity index is 0.00000544. The zero-order valence-corrected chi connectivity index (χ0v) is 22.6. The minimum absolute atomic E-state index is 0. The Bertz CT molecular complexity index is 867. The number of halogens is 1. The highest BCUT2D eigenvalue weighted by molar-refractivity contribution is 14.0. The molecule has 0 heterocycles. The third-order valence-electron chi connectivity index (χ3n) is 4.79. The van der Waals surface area contributed by atoms with Crippen LogP contribution in [0.1, 0.15) is 25.0 Å². The maximum absolute atomic E-state index is 5.71. The number of nitrogens with one attached hydrogen (secondary N) is 2. The highest BCUT2D eigenvalue weighted by atomic mass is 127.